The molecular formula is C12H11FN2. The Morgan fingerprint density at radius 1 is 1.13 bits per heavy atom. The first-order valence-electron chi connectivity index (χ1n) is 4.70. The number of benzene rings is 1. The molecule has 0 saturated carbocycles. The van der Waals surface area contributed by atoms with Gasteiger partial charge in [-0.1, -0.05) is 18.2 Å². The van der Waals surface area contributed by atoms with Crippen LogP contribution in [0.1, 0.15) is 11.3 Å². The Kier molecular flexibility index (Phi) is 2.63. The van der Waals surface area contributed by atoms with E-state index in [0.717, 1.165) is 11.3 Å². The molecule has 2 nitrogen and oxygen atoms in total. The van der Waals surface area contributed by atoms with Crippen LogP contribution in [-0.4, -0.2) is 4.98 Å². The molecule has 2 rings (SSSR count). The van der Waals surface area contributed by atoms with Crippen molar-refractivity contribution >= 4 is 5.82 Å². The standard InChI is InChI=1S/C12H11FN2/c13-10-4-1-3-9(7-10)8-11-5-2-6-12(14)15-11/h1-7H,8H2,(H2,14,15). The van der Waals surface area contributed by atoms with E-state index in [0.29, 0.717) is 12.2 Å². The number of nitrogens with two attached hydrogens (primary N) is 1. The maximum Gasteiger partial charge on any atom is 0.123 e. The van der Waals surface area contributed by atoms with Crippen molar-refractivity contribution in [1.82, 2.24) is 4.98 Å². The minimum absolute atomic E-state index is 0.226. The van der Waals surface area contributed by atoms with Gasteiger partial charge in [0.1, 0.15) is 11.6 Å². The summed E-state index contributed by atoms with van der Waals surface area (Å²) in [7, 11) is 0. The van der Waals surface area contributed by atoms with Gasteiger partial charge in [-0.3, -0.25) is 0 Å². The molecular weight excluding hydrogens is 191 g/mol. The highest BCUT2D eigenvalue weighted by atomic mass is 19.1. The molecule has 1 heterocycles. The lowest BCUT2D eigenvalue weighted by molar-refractivity contribution is 0.626. The third kappa shape index (κ3) is 2.53. The second-order valence-corrected chi connectivity index (χ2v) is 3.36. The van der Waals surface area contributed by atoms with Crippen LogP contribution in [-0.2, 0) is 6.42 Å². The van der Waals surface area contributed by atoms with Crippen LogP contribution < -0.4 is 5.73 Å². The van der Waals surface area contributed by atoms with Gasteiger partial charge in [-0.2, -0.15) is 0 Å². The number of hydrogen-bond donors (Lipinski definition) is 1. The zero-order chi connectivity index (χ0) is 10.7. The normalized spacial score (nSPS) is 10.2. The lowest BCUT2D eigenvalue weighted by atomic mass is 10.1. The van der Waals surface area contributed by atoms with Crippen molar-refractivity contribution in [3.8, 4) is 0 Å². The van der Waals surface area contributed by atoms with Gasteiger partial charge < -0.3 is 5.73 Å². The highest BCUT2D eigenvalue weighted by molar-refractivity contribution is 5.31. The van der Waals surface area contributed by atoms with Gasteiger partial charge in [0.2, 0.25) is 0 Å². The quantitative estimate of drug-likeness (QED) is 0.812. The van der Waals surface area contributed by atoms with Crippen molar-refractivity contribution in [3.63, 3.8) is 0 Å². The van der Waals surface area contributed by atoms with Crippen LogP contribution in [0.2, 0.25) is 0 Å². The van der Waals surface area contributed by atoms with Gasteiger partial charge in [-0.15, -0.1) is 0 Å². The van der Waals surface area contributed by atoms with E-state index in [4.69, 9.17) is 5.73 Å². The van der Waals surface area contributed by atoms with Gasteiger partial charge in [-0.05, 0) is 29.8 Å². The van der Waals surface area contributed by atoms with Crippen LogP contribution in [0.4, 0.5) is 10.2 Å². The number of pyridine rings is 1. The van der Waals surface area contributed by atoms with Gasteiger partial charge in [0.15, 0.2) is 0 Å². The third-order valence-corrected chi connectivity index (χ3v) is 2.10. The van der Waals surface area contributed by atoms with Crippen LogP contribution in [0.5, 0.6) is 0 Å². The predicted molar refractivity (Wildman–Crippen MR) is 57.9 cm³/mol. The molecule has 76 valence electrons. The molecule has 1 aromatic heterocycles. The van der Waals surface area contributed by atoms with Crippen LogP contribution in [0.3, 0.4) is 0 Å². The number of hydrogen-bond acceptors (Lipinski definition) is 2. The summed E-state index contributed by atoms with van der Waals surface area (Å²) >= 11 is 0. The largest absolute Gasteiger partial charge is 0.384 e. The summed E-state index contributed by atoms with van der Waals surface area (Å²) in [5, 5.41) is 0. The number of nitrogen functional groups attached to an aromatic ring is 1. The van der Waals surface area contributed by atoms with E-state index in [9.17, 15) is 4.39 Å². The molecule has 0 spiro atoms. The molecule has 0 amide bonds. The van der Waals surface area contributed by atoms with Crippen LogP contribution >= 0.6 is 0 Å². The minimum Gasteiger partial charge on any atom is -0.384 e. The summed E-state index contributed by atoms with van der Waals surface area (Å²) in [4.78, 5) is 4.15. The second-order valence-electron chi connectivity index (χ2n) is 3.36. The average molecular weight is 202 g/mol. The van der Waals surface area contributed by atoms with E-state index >= 15 is 0 Å². The molecule has 2 aromatic rings. The molecule has 0 aliphatic rings. The van der Waals surface area contributed by atoms with E-state index in [-0.39, 0.29) is 5.82 Å². The lowest BCUT2D eigenvalue weighted by Gasteiger charge is -2.02. The summed E-state index contributed by atoms with van der Waals surface area (Å²) in [6.07, 6.45) is 0.600. The van der Waals surface area contributed by atoms with Crippen LogP contribution in [0.15, 0.2) is 42.5 Å². The zero-order valence-electron chi connectivity index (χ0n) is 8.15. The number of rotatable bonds is 2. The molecule has 0 saturated heterocycles. The van der Waals surface area contributed by atoms with Crippen LogP contribution in [0, 0.1) is 5.82 Å². The molecule has 0 fully saturated rings. The summed E-state index contributed by atoms with van der Waals surface area (Å²) in [6, 6.07) is 11.9. The molecule has 0 unspecified atom stereocenters. The van der Waals surface area contributed by atoms with Crippen molar-refractivity contribution in [1.29, 1.82) is 0 Å². The van der Waals surface area contributed by atoms with Crippen LogP contribution in [0.25, 0.3) is 0 Å². The first-order chi connectivity index (χ1) is 7.24. The van der Waals surface area contributed by atoms with Crippen molar-refractivity contribution in [2.45, 2.75) is 6.42 Å². The van der Waals surface area contributed by atoms with Crippen molar-refractivity contribution in [3.05, 3.63) is 59.5 Å². The van der Waals surface area contributed by atoms with E-state index in [1.807, 2.05) is 18.2 Å². The Balaban J connectivity index is 2.22. The van der Waals surface area contributed by atoms with E-state index < -0.39 is 0 Å². The van der Waals surface area contributed by atoms with Gasteiger partial charge in [-0.25, -0.2) is 9.37 Å². The van der Waals surface area contributed by atoms with Crippen molar-refractivity contribution in [2.24, 2.45) is 0 Å². The number of halogens is 1. The smallest absolute Gasteiger partial charge is 0.123 e. The van der Waals surface area contributed by atoms with Crippen molar-refractivity contribution in [2.75, 3.05) is 5.73 Å². The molecule has 1 aromatic carbocycles. The fraction of sp³-hybridized carbons (Fsp3) is 0.0833. The number of anilines is 1. The van der Waals surface area contributed by atoms with Gasteiger partial charge >= 0.3 is 0 Å². The van der Waals surface area contributed by atoms with Gasteiger partial charge in [0.05, 0.1) is 0 Å². The Morgan fingerprint density at radius 3 is 2.67 bits per heavy atom. The highest BCUT2D eigenvalue weighted by Crippen LogP contribution is 2.10. The van der Waals surface area contributed by atoms with E-state index in [1.54, 1.807) is 12.1 Å². The summed E-state index contributed by atoms with van der Waals surface area (Å²) in [5.41, 5.74) is 7.30. The monoisotopic (exact) mass is 202 g/mol. The van der Waals surface area contributed by atoms with E-state index in [1.165, 1.54) is 12.1 Å². The first-order valence-corrected chi connectivity index (χ1v) is 4.70. The minimum atomic E-state index is -0.226. The third-order valence-electron chi connectivity index (χ3n) is 2.10. The Labute approximate surface area is 87.6 Å². The number of nitrogens with zero attached hydrogens (tertiary/aromatic N) is 1. The Hall–Kier alpha value is -1.90. The second kappa shape index (κ2) is 4.09. The number of aromatic nitrogens is 1. The molecule has 0 aliphatic heterocycles. The Morgan fingerprint density at radius 2 is 1.93 bits per heavy atom. The molecule has 3 heteroatoms. The topological polar surface area (TPSA) is 38.9 Å². The van der Waals surface area contributed by atoms with E-state index in [2.05, 4.69) is 4.98 Å². The first kappa shape index (κ1) is 9.65. The molecule has 0 aliphatic carbocycles. The predicted octanol–water partition coefficient (Wildman–Crippen LogP) is 2.39. The lowest BCUT2D eigenvalue weighted by Crippen LogP contribution is -1.96. The van der Waals surface area contributed by atoms with Crippen molar-refractivity contribution < 1.29 is 4.39 Å². The molecule has 0 radical (unpaired) electrons. The molecule has 0 bridgehead atoms. The van der Waals surface area contributed by atoms with Gasteiger partial charge in [0, 0.05) is 12.1 Å². The fourth-order valence-electron chi connectivity index (χ4n) is 1.45. The zero-order valence-corrected chi connectivity index (χ0v) is 8.15. The molecule has 2 N–H and O–H groups in total. The Bertz CT molecular complexity index is 425. The summed E-state index contributed by atoms with van der Waals surface area (Å²) in [6.45, 7) is 0. The average Bonchev–Trinajstić information content (AvgIpc) is 2.17. The summed E-state index contributed by atoms with van der Waals surface area (Å²) in [5.74, 6) is 0.264. The molecule has 15 heavy (non-hydrogen) atoms. The fourth-order valence-corrected chi connectivity index (χ4v) is 1.45. The summed E-state index contributed by atoms with van der Waals surface area (Å²) < 4.78 is 12.9. The SMILES string of the molecule is Nc1cccc(Cc2cccc(F)c2)n1. The van der Waals surface area contributed by atoms with Gasteiger partial charge in [0.25, 0.3) is 0 Å². The maximum atomic E-state index is 12.9. The molecule has 0 atom stereocenters. The highest BCUT2D eigenvalue weighted by Gasteiger charge is 1.99. The maximum absolute atomic E-state index is 12.9.